The second kappa shape index (κ2) is 13.7. The third-order valence-corrected chi connectivity index (χ3v) is 6.57. The van der Waals surface area contributed by atoms with E-state index in [9.17, 15) is 4.79 Å². The third-order valence-electron chi connectivity index (χ3n) is 6.57. The highest BCUT2D eigenvalue weighted by molar-refractivity contribution is 6.07. The van der Waals surface area contributed by atoms with E-state index in [1.54, 1.807) is 18.2 Å². The Morgan fingerprint density at radius 2 is 1.07 bits per heavy atom. The van der Waals surface area contributed by atoms with E-state index in [0.717, 1.165) is 35.7 Å². The molecule has 8 nitrogen and oxygen atoms in total. The molecule has 0 aliphatic rings. The van der Waals surface area contributed by atoms with Crippen LogP contribution < -0.4 is 20.9 Å². The van der Waals surface area contributed by atoms with Crippen molar-refractivity contribution < 1.29 is 4.79 Å². The number of nitrogens with one attached hydrogen (secondary N) is 3. The van der Waals surface area contributed by atoms with Crippen LogP contribution >= 0.6 is 0 Å². The first-order valence-corrected chi connectivity index (χ1v) is 13.9. The second-order valence-electron chi connectivity index (χ2n) is 9.45. The Kier molecular flexibility index (Phi) is 9.16. The number of hydrogen-bond acceptors (Lipinski definition) is 8. The molecule has 1 aromatic heterocycles. The van der Waals surface area contributed by atoms with Crippen LogP contribution in [0.15, 0.2) is 115 Å². The van der Waals surface area contributed by atoms with Crippen LogP contribution in [-0.4, -0.2) is 33.8 Å². The summed E-state index contributed by atoms with van der Waals surface area (Å²) in [6.45, 7) is 6.20. The van der Waals surface area contributed by atoms with Crippen molar-refractivity contribution in [1.82, 2.24) is 15.0 Å². The van der Waals surface area contributed by atoms with Gasteiger partial charge >= 0.3 is 0 Å². The van der Waals surface area contributed by atoms with Crippen LogP contribution in [-0.2, 0) is 0 Å². The monoisotopic (exact) mass is 555 g/mol. The average Bonchev–Trinajstić information content (AvgIpc) is 3.02. The number of carbonyl (C=O) groups is 1. The van der Waals surface area contributed by atoms with Gasteiger partial charge in [0, 0.05) is 41.4 Å². The second-order valence-corrected chi connectivity index (χ2v) is 9.45. The number of ketones is 1. The molecule has 0 bridgehead atoms. The van der Waals surface area contributed by atoms with Crippen LogP contribution in [0.1, 0.15) is 29.8 Å². The predicted molar refractivity (Wildman–Crippen MR) is 172 cm³/mol. The van der Waals surface area contributed by atoms with Gasteiger partial charge < -0.3 is 20.9 Å². The molecule has 0 unspecified atom stereocenters. The number of aromatic nitrogens is 3. The largest absolute Gasteiger partial charge is 0.372 e. The number of allylic oxidation sites excluding steroid dienone is 1. The maximum Gasteiger partial charge on any atom is 0.233 e. The Morgan fingerprint density at radius 1 is 0.619 bits per heavy atom. The molecule has 0 spiro atoms. The summed E-state index contributed by atoms with van der Waals surface area (Å²) >= 11 is 0. The standard InChI is InChI=1S/C34H33N7O/c1-3-41(4-2)30-22-15-25(16-23-30)17-24-31(42)26-18-20-29(21-19-26)37-34-39-32(35-27-11-7-5-8-12-27)38-33(40-34)36-28-13-9-6-10-14-28/h5-24H,3-4H2,1-2H3,(H3,35,36,37,38,39,40)/b24-17+. The van der Waals surface area contributed by atoms with E-state index in [-0.39, 0.29) is 5.78 Å². The summed E-state index contributed by atoms with van der Waals surface area (Å²) in [6.07, 6.45) is 3.44. The lowest BCUT2D eigenvalue weighted by atomic mass is 10.1. The van der Waals surface area contributed by atoms with E-state index in [2.05, 4.69) is 61.8 Å². The number of nitrogens with zero attached hydrogens (tertiary/aromatic N) is 4. The van der Waals surface area contributed by atoms with Crippen LogP contribution in [0.4, 0.5) is 40.6 Å². The van der Waals surface area contributed by atoms with Gasteiger partial charge in [0.05, 0.1) is 0 Å². The topological polar surface area (TPSA) is 95.1 Å². The molecular formula is C34H33N7O. The summed E-state index contributed by atoms with van der Waals surface area (Å²) in [4.78, 5) is 28.7. The molecule has 42 heavy (non-hydrogen) atoms. The number of benzene rings is 4. The predicted octanol–water partition coefficient (Wildman–Crippen LogP) is 7.84. The fraction of sp³-hybridized carbons (Fsp3) is 0.118. The van der Waals surface area contributed by atoms with E-state index in [1.165, 1.54) is 5.69 Å². The maximum absolute atomic E-state index is 12.8. The molecule has 0 aliphatic carbocycles. The van der Waals surface area contributed by atoms with Crippen molar-refractivity contribution in [1.29, 1.82) is 0 Å². The maximum atomic E-state index is 12.8. The molecule has 0 saturated heterocycles. The highest BCUT2D eigenvalue weighted by Gasteiger charge is 2.09. The first-order chi connectivity index (χ1) is 20.6. The number of para-hydroxylation sites is 2. The molecule has 5 aromatic rings. The summed E-state index contributed by atoms with van der Waals surface area (Å²) < 4.78 is 0. The molecular weight excluding hydrogens is 522 g/mol. The summed E-state index contributed by atoms with van der Waals surface area (Å²) in [5.41, 5.74) is 5.20. The van der Waals surface area contributed by atoms with Gasteiger partial charge in [-0.2, -0.15) is 15.0 Å². The van der Waals surface area contributed by atoms with Gasteiger partial charge in [-0.1, -0.05) is 54.6 Å². The quantitative estimate of drug-likeness (QED) is 0.106. The Labute approximate surface area is 246 Å². The molecule has 4 aromatic carbocycles. The Morgan fingerprint density at radius 3 is 1.52 bits per heavy atom. The van der Waals surface area contributed by atoms with E-state index < -0.39 is 0 Å². The number of rotatable bonds is 12. The van der Waals surface area contributed by atoms with Crippen LogP contribution in [0.25, 0.3) is 6.08 Å². The Hall–Kier alpha value is -5.50. The van der Waals surface area contributed by atoms with Crippen LogP contribution in [0, 0.1) is 0 Å². The molecule has 0 radical (unpaired) electrons. The van der Waals surface area contributed by atoms with Gasteiger partial charge in [0.2, 0.25) is 17.8 Å². The van der Waals surface area contributed by atoms with E-state index >= 15 is 0 Å². The van der Waals surface area contributed by atoms with Crippen LogP contribution in [0.2, 0.25) is 0 Å². The molecule has 1 heterocycles. The van der Waals surface area contributed by atoms with Gasteiger partial charge in [-0.05, 0) is 86.2 Å². The molecule has 0 atom stereocenters. The lowest BCUT2D eigenvalue weighted by Gasteiger charge is -2.20. The Bertz CT molecular complexity index is 1560. The number of hydrogen-bond donors (Lipinski definition) is 3. The molecule has 0 amide bonds. The first kappa shape index (κ1) is 28.0. The molecule has 0 aliphatic heterocycles. The van der Waals surface area contributed by atoms with Crippen molar-refractivity contribution in [3.8, 4) is 0 Å². The van der Waals surface area contributed by atoms with Gasteiger partial charge in [0.1, 0.15) is 0 Å². The lowest BCUT2D eigenvalue weighted by molar-refractivity contribution is 0.104. The van der Waals surface area contributed by atoms with Gasteiger partial charge in [0.15, 0.2) is 5.78 Å². The number of anilines is 7. The van der Waals surface area contributed by atoms with Crippen molar-refractivity contribution in [2.75, 3.05) is 33.9 Å². The van der Waals surface area contributed by atoms with Gasteiger partial charge in [-0.25, -0.2) is 0 Å². The van der Waals surface area contributed by atoms with Crippen molar-refractivity contribution in [2.24, 2.45) is 0 Å². The normalized spacial score (nSPS) is 10.8. The van der Waals surface area contributed by atoms with Crippen LogP contribution in [0.5, 0.6) is 0 Å². The molecule has 3 N–H and O–H groups in total. The SMILES string of the molecule is CCN(CC)c1ccc(/C=C/C(=O)c2ccc(Nc3nc(Nc4ccccc4)nc(Nc4ccccc4)n3)cc2)cc1. The zero-order valence-corrected chi connectivity index (χ0v) is 23.7. The summed E-state index contributed by atoms with van der Waals surface area (Å²) in [5, 5.41) is 9.68. The average molecular weight is 556 g/mol. The molecule has 210 valence electrons. The van der Waals surface area contributed by atoms with E-state index in [1.807, 2.05) is 91.0 Å². The van der Waals surface area contributed by atoms with Crippen molar-refractivity contribution in [3.05, 3.63) is 126 Å². The minimum absolute atomic E-state index is 0.0711. The molecule has 5 rings (SSSR count). The smallest absolute Gasteiger partial charge is 0.233 e. The highest BCUT2D eigenvalue weighted by Crippen LogP contribution is 2.22. The zero-order chi connectivity index (χ0) is 29.1. The fourth-order valence-corrected chi connectivity index (χ4v) is 4.34. The minimum atomic E-state index is -0.0711. The summed E-state index contributed by atoms with van der Waals surface area (Å²) in [6, 6.07) is 34.8. The molecule has 0 fully saturated rings. The van der Waals surface area contributed by atoms with Gasteiger partial charge in [-0.15, -0.1) is 0 Å². The first-order valence-electron chi connectivity index (χ1n) is 13.9. The molecule has 0 saturated carbocycles. The minimum Gasteiger partial charge on any atom is -0.372 e. The lowest BCUT2D eigenvalue weighted by Crippen LogP contribution is -2.21. The summed E-state index contributed by atoms with van der Waals surface area (Å²) in [7, 11) is 0. The highest BCUT2D eigenvalue weighted by atomic mass is 16.1. The fourth-order valence-electron chi connectivity index (χ4n) is 4.34. The van der Waals surface area contributed by atoms with Crippen molar-refractivity contribution in [3.63, 3.8) is 0 Å². The number of carbonyl (C=O) groups excluding carboxylic acids is 1. The van der Waals surface area contributed by atoms with Crippen molar-refractivity contribution >= 4 is 52.5 Å². The van der Waals surface area contributed by atoms with E-state index in [0.29, 0.717) is 23.4 Å². The van der Waals surface area contributed by atoms with Gasteiger partial charge in [0.25, 0.3) is 0 Å². The Balaban J connectivity index is 1.28. The van der Waals surface area contributed by atoms with Crippen molar-refractivity contribution in [2.45, 2.75) is 13.8 Å². The van der Waals surface area contributed by atoms with E-state index in [4.69, 9.17) is 0 Å². The zero-order valence-electron chi connectivity index (χ0n) is 23.7. The third kappa shape index (κ3) is 7.57. The van der Waals surface area contributed by atoms with Crippen LogP contribution in [0.3, 0.4) is 0 Å². The molecule has 8 heteroatoms. The van der Waals surface area contributed by atoms with Gasteiger partial charge in [-0.3, -0.25) is 4.79 Å². The summed E-state index contributed by atoms with van der Waals surface area (Å²) in [5.74, 6) is 1.06.